The van der Waals surface area contributed by atoms with Gasteiger partial charge in [-0.05, 0) is 0 Å². The molecule has 0 atom stereocenters. The maximum atomic E-state index is 9.85. The van der Waals surface area contributed by atoms with E-state index in [0.29, 0.717) is 0 Å². The Labute approximate surface area is 57.8 Å². The van der Waals surface area contributed by atoms with Crippen molar-refractivity contribution in [3.8, 4) is 0 Å². The van der Waals surface area contributed by atoms with E-state index in [2.05, 4.69) is 0 Å². The van der Waals surface area contributed by atoms with E-state index < -0.39 is 11.9 Å². The lowest BCUT2D eigenvalue weighted by Gasteiger charge is -1.83. The highest BCUT2D eigenvalue weighted by molar-refractivity contribution is 5.70. The third-order valence-corrected chi connectivity index (χ3v) is 0.752. The topological polar surface area (TPSA) is 74.6 Å². The van der Waals surface area contributed by atoms with Gasteiger partial charge in [-0.3, -0.25) is 9.59 Å². The van der Waals surface area contributed by atoms with Crippen LogP contribution in [0.3, 0.4) is 0 Å². The normalized spacial score (nSPS) is 10.0. The van der Waals surface area contributed by atoms with Crippen LogP contribution in [-0.4, -0.2) is 22.2 Å². The Bertz CT molecular complexity index is 141. The SMILES string of the molecule is O=C(O)CC=CCC(=O)O. The van der Waals surface area contributed by atoms with Gasteiger partial charge in [-0.2, -0.15) is 0 Å². The van der Waals surface area contributed by atoms with Gasteiger partial charge >= 0.3 is 11.9 Å². The van der Waals surface area contributed by atoms with E-state index in [-0.39, 0.29) is 12.8 Å². The summed E-state index contributed by atoms with van der Waals surface area (Å²) in [5.74, 6) is -1.91. The number of hydrogen-bond donors (Lipinski definition) is 2. The molecule has 0 bridgehead atoms. The van der Waals surface area contributed by atoms with Crippen molar-refractivity contribution in [3.63, 3.8) is 0 Å². The molecule has 0 saturated carbocycles. The molecular weight excluding hydrogens is 136 g/mol. The number of hydrogen-bond acceptors (Lipinski definition) is 2. The lowest BCUT2D eigenvalue weighted by atomic mass is 10.3. The first-order valence-corrected chi connectivity index (χ1v) is 2.71. The monoisotopic (exact) mass is 144 g/mol. The van der Waals surface area contributed by atoms with Crippen molar-refractivity contribution in [3.05, 3.63) is 12.2 Å². The van der Waals surface area contributed by atoms with Crippen molar-refractivity contribution in [1.82, 2.24) is 0 Å². The smallest absolute Gasteiger partial charge is 0.307 e. The van der Waals surface area contributed by atoms with Gasteiger partial charge in [0.15, 0.2) is 0 Å². The van der Waals surface area contributed by atoms with Crippen molar-refractivity contribution in [2.45, 2.75) is 12.8 Å². The molecule has 2 N–H and O–H groups in total. The molecule has 0 unspecified atom stereocenters. The minimum Gasteiger partial charge on any atom is -0.481 e. The summed E-state index contributed by atoms with van der Waals surface area (Å²) in [6, 6.07) is 0. The number of rotatable bonds is 4. The van der Waals surface area contributed by atoms with Gasteiger partial charge in [0.05, 0.1) is 12.8 Å². The third-order valence-electron chi connectivity index (χ3n) is 0.752. The Hall–Kier alpha value is -1.32. The molecule has 0 aliphatic rings. The van der Waals surface area contributed by atoms with Crippen LogP contribution in [0.5, 0.6) is 0 Å². The molecule has 0 aliphatic heterocycles. The Kier molecular flexibility index (Phi) is 3.95. The van der Waals surface area contributed by atoms with E-state index in [1.54, 1.807) is 0 Å². The standard InChI is InChI=1S/C6H8O4/c7-5(8)3-1-2-4-6(9)10/h1-2H,3-4H2,(H,7,8)(H,9,10). The molecule has 0 aromatic rings. The van der Waals surface area contributed by atoms with Crippen LogP contribution in [0.4, 0.5) is 0 Å². The molecular formula is C6H8O4. The summed E-state index contributed by atoms with van der Waals surface area (Å²) in [5.41, 5.74) is 0. The molecule has 0 aliphatic carbocycles. The van der Waals surface area contributed by atoms with Gasteiger partial charge in [-0.15, -0.1) is 0 Å². The fourth-order valence-electron chi connectivity index (χ4n) is 0.368. The number of carboxylic acids is 2. The number of carbonyl (C=O) groups is 2. The molecule has 0 amide bonds. The predicted octanol–water partition coefficient (Wildman–Crippen LogP) is 0.492. The fraction of sp³-hybridized carbons (Fsp3) is 0.333. The van der Waals surface area contributed by atoms with E-state index >= 15 is 0 Å². The van der Waals surface area contributed by atoms with Crippen molar-refractivity contribution < 1.29 is 19.8 Å². The molecule has 0 rings (SSSR count). The van der Waals surface area contributed by atoms with Crippen LogP contribution < -0.4 is 0 Å². The van der Waals surface area contributed by atoms with Crippen LogP contribution >= 0.6 is 0 Å². The molecule has 4 nitrogen and oxygen atoms in total. The zero-order chi connectivity index (χ0) is 7.98. The first-order chi connectivity index (χ1) is 4.63. The van der Waals surface area contributed by atoms with Crippen LogP contribution in [0.15, 0.2) is 12.2 Å². The van der Waals surface area contributed by atoms with Crippen LogP contribution in [-0.2, 0) is 9.59 Å². The zero-order valence-electron chi connectivity index (χ0n) is 5.28. The van der Waals surface area contributed by atoms with Gasteiger partial charge in [0.1, 0.15) is 0 Å². The second-order valence-corrected chi connectivity index (χ2v) is 1.67. The minimum atomic E-state index is -0.957. The highest BCUT2D eigenvalue weighted by atomic mass is 16.4. The Morgan fingerprint density at radius 2 is 1.30 bits per heavy atom. The van der Waals surface area contributed by atoms with E-state index in [9.17, 15) is 9.59 Å². The molecule has 0 aromatic heterocycles. The Morgan fingerprint density at radius 1 is 1.00 bits per heavy atom. The first-order valence-electron chi connectivity index (χ1n) is 2.71. The summed E-state index contributed by atoms with van der Waals surface area (Å²) < 4.78 is 0. The fourth-order valence-corrected chi connectivity index (χ4v) is 0.368. The Balaban J connectivity index is 3.38. The van der Waals surface area contributed by atoms with Crippen LogP contribution in [0.25, 0.3) is 0 Å². The van der Waals surface area contributed by atoms with Gasteiger partial charge in [0.25, 0.3) is 0 Å². The van der Waals surface area contributed by atoms with Gasteiger partial charge in [-0.1, -0.05) is 12.2 Å². The summed E-state index contributed by atoms with van der Waals surface area (Å²) in [6.45, 7) is 0. The van der Waals surface area contributed by atoms with E-state index in [1.807, 2.05) is 0 Å². The molecule has 0 aromatic carbocycles. The lowest BCUT2D eigenvalue weighted by Crippen LogP contribution is -1.92. The highest BCUT2D eigenvalue weighted by Gasteiger charge is 1.91. The molecule has 0 radical (unpaired) electrons. The quantitative estimate of drug-likeness (QED) is 0.563. The van der Waals surface area contributed by atoms with Gasteiger partial charge < -0.3 is 10.2 Å². The van der Waals surface area contributed by atoms with E-state index in [4.69, 9.17) is 10.2 Å². The molecule has 4 heteroatoms. The van der Waals surface area contributed by atoms with E-state index in [1.165, 1.54) is 12.2 Å². The summed E-state index contributed by atoms with van der Waals surface area (Å²) >= 11 is 0. The van der Waals surface area contributed by atoms with Gasteiger partial charge in [0, 0.05) is 0 Å². The van der Waals surface area contributed by atoms with Crippen LogP contribution in [0.1, 0.15) is 12.8 Å². The summed E-state index contributed by atoms with van der Waals surface area (Å²) in [4.78, 5) is 19.7. The van der Waals surface area contributed by atoms with Crippen molar-refractivity contribution in [1.29, 1.82) is 0 Å². The highest BCUT2D eigenvalue weighted by Crippen LogP contribution is 1.86. The predicted molar refractivity (Wildman–Crippen MR) is 33.6 cm³/mol. The van der Waals surface area contributed by atoms with E-state index in [0.717, 1.165) is 0 Å². The summed E-state index contributed by atoms with van der Waals surface area (Å²) in [6.07, 6.45) is 2.40. The van der Waals surface area contributed by atoms with Crippen LogP contribution in [0.2, 0.25) is 0 Å². The van der Waals surface area contributed by atoms with Crippen LogP contribution in [0, 0.1) is 0 Å². The maximum Gasteiger partial charge on any atom is 0.307 e. The summed E-state index contributed by atoms with van der Waals surface area (Å²) in [5, 5.41) is 16.2. The van der Waals surface area contributed by atoms with Gasteiger partial charge in [-0.25, -0.2) is 0 Å². The second kappa shape index (κ2) is 4.55. The molecule has 56 valence electrons. The van der Waals surface area contributed by atoms with Crippen molar-refractivity contribution in [2.24, 2.45) is 0 Å². The summed E-state index contributed by atoms with van der Waals surface area (Å²) in [7, 11) is 0. The average Bonchev–Trinajstić information content (AvgIpc) is 1.79. The third kappa shape index (κ3) is 6.68. The zero-order valence-corrected chi connectivity index (χ0v) is 5.28. The molecule has 0 fully saturated rings. The largest absolute Gasteiger partial charge is 0.481 e. The molecule has 10 heavy (non-hydrogen) atoms. The average molecular weight is 144 g/mol. The van der Waals surface area contributed by atoms with Gasteiger partial charge in [0.2, 0.25) is 0 Å². The molecule has 0 saturated heterocycles. The second-order valence-electron chi connectivity index (χ2n) is 1.67. The molecule has 0 heterocycles. The van der Waals surface area contributed by atoms with Crippen molar-refractivity contribution in [2.75, 3.05) is 0 Å². The minimum absolute atomic E-state index is 0.118. The Morgan fingerprint density at radius 3 is 1.50 bits per heavy atom. The molecule has 0 spiro atoms. The number of aliphatic carboxylic acids is 2. The first kappa shape index (κ1) is 8.68. The number of carboxylic acid groups (broad SMARTS) is 2. The van der Waals surface area contributed by atoms with Crippen molar-refractivity contribution >= 4 is 11.9 Å². The lowest BCUT2D eigenvalue weighted by molar-refractivity contribution is -0.137. The maximum absolute atomic E-state index is 9.85.